The van der Waals surface area contributed by atoms with Crippen LogP contribution in [0.3, 0.4) is 0 Å². The maximum Gasteiger partial charge on any atom is 0.219 e. The average Bonchev–Trinajstić information content (AvgIpc) is 2.69. The summed E-state index contributed by atoms with van der Waals surface area (Å²) >= 11 is 0. The van der Waals surface area contributed by atoms with Gasteiger partial charge in [0.05, 0.1) is 0 Å². The molecule has 56 valence electrons. The summed E-state index contributed by atoms with van der Waals surface area (Å²) in [5.41, 5.74) is 0.616. The third kappa shape index (κ3) is 0.825. The van der Waals surface area contributed by atoms with Gasteiger partial charge in [-0.25, -0.2) is 0 Å². The molecular formula is C8H13NO. The molecule has 0 aliphatic heterocycles. The van der Waals surface area contributed by atoms with Gasteiger partial charge in [0.1, 0.15) is 0 Å². The molecular weight excluding hydrogens is 126 g/mol. The summed E-state index contributed by atoms with van der Waals surface area (Å²) in [5.74, 6) is 1.19. The van der Waals surface area contributed by atoms with Crippen LogP contribution in [0.1, 0.15) is 26.2 Å². The number of hydrogen-bond acceptors (Lipinski definition) is 1. The molecule has 2 rings (SSSR count). The largest absolute Gasteiger partial charge is 0.356 e. The second-order valence-electron chi connectivity index (χ2n) is 3.60. The topological polar surface area (TPSA) is 29.1 Å². The van der Waals surface area contributed by atoms with Crippen molar-refractivity contribution in [1.29, 1.82) is 0 Å². The van der Waals surface area contributed by atoms with E-state index in [4.69, 9.17) is 0 Å². The molecule has 2 aliphatic rings. The summed E-state index contributed by atoms with van der Waals surface area (Å²) < 4.78 is 0. The first kappa shape index (κ1) is 6.20. The molecule has 2 nitrogen and oxygen atoms in total. The van der Waals surface area contributed by atoms with Crippen molar-refractivity contribution in [3.63, 3.8) is 0 Å². The fraction of sp³-hybridized carbons (Fsp3) is 0.875. The van der Waals surface area contributed by atoms with Crippen LogP contribution in [0.5, 0.6) is 0 Å². The van der Waals surface area contributed by atoms with E-state index in [2.05, 4.69) is 5.32 Å². The fourth-order valence-corrected chi connectivity index (χ4v) is 1.49. The molecule has 0 heterocycles. The zero-order valence-electron chi connectivity index (χ0n) is 6.31. The molecule has 0 unspecified atom stereocenters. The van der Waals surface area contributed by atoms with E-state index < -0.39 is 0 Å². The van der Waals surface area contributed by atoms with Gasteiger partial charge in [-0.2, -0.15) is 0 Å². The van der Waals surface area contributed by atoms with Gasteiger partial charge in [0.2, 0.25) is 5.91 Å². The Morgan fingerprint density at radius 1 is 1.70 bits per heavy atom. The molecule has 0 spiro atoms. The molecule has 0 aromatic carbocycles. The van der Waals surface area contributed by atoms with Crippen molar-refractivity contribution in [2.24, 2.45) is 11.3 Å². The molecule has 10 heavy (non-hydrogen) atoms. The number of nitrogens with one attached hydrogen (secondary N) is 1. The molecule has 0 radical (unpaired) electrons. The van der Waals surface area contributed by atoms with Gasteiger partial charge in [-0.1, -0.05) is 6.92 Å². The second-order valence-corrected chi connectivity index (χ2v) is 3.60. The van der Waals surface area contributed by atoms with E-state index >= 15 is 0 Å². The van der Waals surface area contributed by atoms with Crippen molar-refractivity contribution in [2.45, 2.75) is 26.2 Å². The number of carbonyl (C=O) groups excluding carboxylic acids is 1. The van der Waals surface area contributed by atoms with Crippen LogP contribution in [0.25, 0.3) is 0 Å². The Labute approximate surface area is 61.0 Å². The summed E-state index contributed by atoms with van der Waals surface area (Å²) in [7, 11) is 0. The van der Waals surface area contributed by atoms with Crippen molar-refractivity contribution in [2.75, 3.05) is 6.54 Å². The standard InChI is InChI=1S/C8H13NO/c1-2-7(10)9-5-8-3-6(8)4-8/h6H,2-5H2,1H3,(H,9,10). The Morgan fingerprint density at radius 3 is 2.70 bits per heavy atom. The molecule has 0 bridgehead atoms. The Bertz CT molecular complexity index is 170. The van der Waals surface area contributed by atoms with Crippen molar-refractivity contribution >= 4 is 5.91 Å². The number of fused-ring (bicyclic) bond motifs is 1. The number of amides is 1. The lowest BCUT2D eigenvalue weighted by atomic mass is 10.2. The first-order valence-corrected chi connectivity index (χ1v) is 4.03. The Hall–Kier alpha value is -0.530. The van der Waals surface area contributed by atoms with Gasteiger partial charge in [-0.05, 0) is 24.2 Å². The highest BCUT2D eigenvalue weighted by atomic mass is 16.1. The van der Waals surface area contributed by atoms with Crippen LogP contribution in [0.15, 0.2) is 0 Å². The van der Waals surface area contributed by atoms with Gasteiger partial charge in [0, 0.05) is 13.0 Å². The molecule has 0 saturated heterocycles. The maximum atomic E-state index is 10.8. The predicted molar refractivity (Wildman–Crippen MR) is 38.5 cm³/mol. The molecule has 2 aliphatic carbocycles. The predicted octanol–water partition coefficient (Wildman–Crippen LogP) is 0.923. The molecule has 0 aromatic rings. The van der Waals surface area contributed by atoms with Crippen molar-refractivity contribution in [1.82, 2.24) is 5.32 Å². The van der Waals surface area contributed by atoms with E-state index in [0.29, 0.717) is 11.8 Å². The van der Waals surface area contributed by atoms with E-state index in [9.17, 15) is 4.79 Å². The van der Waals surface area contributed by atoms with Gasteiger partial charge in [0.15, 0.2) is 0 Å². The Kier molecular flexibility index (Phi) is 1.08. The van der Waals surface area contributed by atoms with Crippen LogP contribution >= 0.6 is 0 Å². The lowest BCUT2D eigenvalue weighted by Crippen LogP contribution is -2.26. The smallest absolute Gasteiger partial charge is 0.219 e. The second kappa shape index (κ2) is 1.74. The summed E-state index contributed by atoms with van der Waals surface area (Å²) in [6.45, 7) is 2.84. The molecule has 2 fully saturated rings. The van der Waals surface area contributed by atoms with Crippen LogP contribution in [0, 0.1) is 11.3 Å². The average molecular weight is 139 g/mol. The zero-order valence-corrected chi connectivity index (χ0v) is 6.31. The molecule has 1 amide bonds. The summed E-state index contributed by atoms with van der Waals surface area (Å²) in [5, 5.41) is 2.94. The SMILES string of the molecule is CCC(=O)NCC12CC1C2. The first-order chi connectivity index (χ1) is 4.77. The molecule has 1 N–H and O–H groups in total. The quantitative estimate of drug-likeness (QED) is 0.619. The summed E-state index contributed by atoms with van der Waals surface area (Å²) in [4.78, 5) is 10.8. The normalized spacial score (nSPS) is 40.3. The molecule has 2 saturated carbocycles. The van der Waals surface area contributed by atoms with E-state index in [1.165, 1.54) is 12.8 Å². The number of carbonyl (C=O) groups is 1. The Morgan fingerprint density at radius 2 is 2.30 bits per heavy atom. The third-order valence-corrected chi connectivity index (χ3v) is 2.81. The minimum atomic E-state index is 0.201. The van der Waals surface area contributed by atoms with Gasteiger partial charge < -0.3 is 5.32 Å². The maximum absolute atomic E-state index is 10.8. The van der Waals surface area contributed by atoms with Gasteiger partial charge >= 0.3 is 0 Å². The van der Waals surface area contributed by atoms with Crippen LogP contribution in [0.2, 0.25) is 0 Å². The number of hydrogen-bond donors (Lipinski definition) is 1. The molecule has 0 aromatic heterocycles. The van der Waals surface area contributed by atoms with E-state index in [0.717, 1.165) is 12.5 Å². The molecule has 2 heteroatoms. The minimum Gasteiger partial charge on any atom is -0.356 e. The van der Waals surface area contributed by atoms with Crippen LogP contribution in [0.4, 0.5) is 0 Å². The van der Waals surface area contributed by atoms with Gasteiger partial charge in [-0.3, -0.25) is 4.79 Å². The highest BCUT2D eigenvalue weighted by Gasteiger charge is 2.69. The zero-order chi connectivity index (χ0) is 7.19. The highest BCUT2D eigenvalue weighted by Crippen LogP contribution is 2.74. The van der Waals surface area contributed by atoms with Crippen LogP contribution in [-0.4, -0.2) is 12.5 Å². The van der Waals surface area contributed by atoms with E-state index in [1.54, 1.807) is 0 Å². The van der Waals surface area contributed by atoms with Crippen molar-refractivity contribution < 1.29 is 4.79 Å². The minimum absolute atomic E-state index is 0.201. The highest BCUT2D eigenvalue weighted by molar-refractivity contribution is 5.75. The van der Waals surface area contributed by atoms with Crippen molar-refractivity contribution in [3.05, 3.63) is 0 Å². The lowest BCUT2D eigenvalue weighted by molar-refractivity contribution is -0.120. The molecule has 0 atom stereocenters. The van der Waals surface area contributed by atoms with Gasteiger partial charge in [0.25, 0.3) is 0 Å². The summed E-state index contributed by atoms with van der Waals surface area (Å²) in [6, 6.07) is 0. The lowest BCUT2D eigenvalue weighted by Gasteiger charge is -2.03. The Balaban J connectivity index is 1.68. The summed E-state index contributed by atoms with van der Waals surface area (Å²) in [6.07, 6.45) is 3.37. The first-order valence-electron chi connectivity index (χ1n) is 4.03. The van der Waals surface area contributed by atoms with Crippen molar-refractivity contribution in [3.8, 4) is 0 Å². The van der Waals surface area contributed by atoms with E-state index in [1.807, 2.05) is 6.92 Å². The number of rotatable bonds is 3. The monoisotopic (exact) mass is 139 g/mol. The van der Waals surface area contributed by atoms with Crippen LogP contribution < -0.4 is 5.32 Å². The van der Waals surface area contributed by atoms with E-state index in [-0.39, 0.29) is 5.91 Å². The van der Waals surface area contributed by atoms with Gasteiger partial charge in [-0.15, -0.1) is 0 Å². The van der Waals surface area contributed by atoms with Crippen LogP contribution in [-0.2, 0) is 4.79 Å². The fourth-order valence-electron chi connectivity index (χ4n) is 1.49. The third-order valence-electron chi connectivity index (χ3n) is 2.81.